The Morgan fingerprint density at radius 3 is 2.67 bits per heavy atom. The standard InChI is InChI=1S/C15H22N2O2S.ClH/c1-11-10-17(8-7-15(11)16)20(18,19)14-6-5-12-3-2-4-13(12)9-14;/h5-6,9,11,15H,2-4,7-8,10,16H2,1H3;1H. The van der Waals surface area contributed by atoms with Gasteiger partial charge in [-0.2, -0.15) is 4.31 Å². The van der Waals surface area contributed by atoms with Gasteiger partial charge >= 0.3 is 0 Å². The highest BCUT2D eigenvalue weighted by molar-refractivity contribution is 7.89. The largest absolute Gasteiger partial charge is 0.327 e. The molecule has 1 saturated heterocycles. The maximum absolute atomic E-state index is 12.7. The summed E-state index contributed by atoms with van der Waals surface area (Å²) in [5, 5.41) is 0. The van der Waals surface area contributed by atoms with E-state index in [1.807, 2.05) is 19.1 Å². The number of nitrogens with two attached hydrogens (primary N) is 1. The fourth-order valence-corrected chi connectivity index (χ4v) is 4.81. The molecule has 1 fully saturated rings. The van der Waals surface area contributed by atoms with Gasteiger partial charge in [-0.05, 0) is 54.9 Å². The Bertz CT molecular complexity index is 618. The van der Waals surface area contributed by atoms with Gasteiger partial charge in [-0.3, -0.25) is 0 Å². The van der Waals surface area contributed by atoms with Crippen molar-refractivity contribution in [3.05, 3.63) is 29.3 Å². The molecule has 1 heterocycles. The number of rotatable bonds is 2. The zero-order valence-corrected chi connectivity index (χ0v) is 13.9. The third-order valence-electron chi connectivity index (χ3n) is 4.64. The van der Waals surface area contributed by atoms with Crippen LogP contribution in [0, 0.1) is 5.92 Å². The van der Waals surface area contributed by atoms with Crippen molar-refractivity contribution in [3.63, 3.8) is 0 Å². The number of sulfonamides is 1. The molecule has 0 radical (unpaired) electrons. The predicted molar refractivity (Wildman–Crippen MR) is 86.2 cm³/mol. The van der Waals surface area contributed by atoms with Crippen LogP contribution in [0.15, 0.2) is 23.1 Å². The molecule has 118 valence electrons. The molecule has 1 aliphatic carbocycles. The van der Waals surface area contributed by atoms with Crippen molar-refractivity contribution >= 4 is 22.4 Å². The third-order valence-corrected chi connectivity index (χ3v) is 6.50. The lowest BCUT2D eigenvalue weighted by Crippen LogP contribution is -2.48. The Labute approximate surface area is 133 Å². The lowest BCUT2D eigenvalue weighted by molar-refractivity contribution is 0.250. The summed E-state index contributed by atoms with van der Waals surface area (Å²) in [6, 6.07) is 5.73. The molecule has 2 atom stereocenters. The van der Waals surface area contributed by atoms with Crippen molar-refractivity contribution in [3.8, 4) is 0 Å². The predicted octanol–water partition coefficient (Wildman–Crippen LogP) is 1.95. The molecule has 4 nitrogen and oxygen atoms in total. The number of nitrogens with zero attached hydrogens (tertiary/aromatic N) is 1. The van der Waals surface area contributed by atoms with Gasteiger partial charge in [0.15, 0.2) is 0 Å². The van der Waals surface area contributed by atoms with Crippen LogP contribution in [0.1, 0.15) is 30.9 Å². The van der Waals surface area contributed by atoms with Crippen molar-refractivity contribution in [2.24, 2.45) is 11.7 Å². The van der Waals surface area contributed by atoms with Gasteiger partial charge in [0.25, 0.3) is 0 Å². The van der Waals surface area contributed by atoms with E-state index in [0.29, 0.717) is 18.0 Å². The molecule has 1 aromatic rings. The molecular formula is C15H23ClN2O2S. The second kappa shape index (κ2) is 6.24. The van der Waals surface area contributed by atoms with E-state index in [4.69, 9.17) is 5.73 Å². The first kappa shape index (κ1) is 16.7. The first-order valence-electron chi connectivity index (χ1n) is 7.36. The van der Waals surface area contributed by atoms with Gasteiger partial charge in [-0.25, -0.2) is 8.42 Å². The third kappa shape index (κ3) is 3.11. The second-order valence-corrected chi connectivity index (χ2v) is 8.01. The van der Waals surface area contributed by atoms with Gasteiger partial charge in [0.1, 0.15) is 0 Å². The van der Waals surface area contributed by atoms with Crippen molar-refractivity contribution in [1.82, 2.24) is 4.31 Å². The summed E-state index contributed by atoms with van der Waals surface area (Å²) in [6.45, 7) is 3.08. The van der Waals surface area contributed by atoms with Gasteiger partial charge in [-0.1, -0.05) is 13.0 Å². The van der Waals surface area contributed by atoms with Crippen LogP contribution in [0.2, 0.25) is 0 Å². The summed E-state index contributed by atoms with van der Waals surface area (Å²) in [5.74, 6) is 0.216. The highest BCUT2D eigenvalue weighted by atomic mass is 35.5. The zero-order valence-electron chi connectivity index (χ0n) is 12.3. The molecule has 3 rings (SSSR count). The average Bonchev–Trinajstić information content (AvgIpc) is 2.89. The van der Waals surface area contributed by atoms with Crippen molar-refractivity contribution in [2.75, 3.05) is 13.1 Å². The molecule has 0 amide bonds. The van der Waals surface area contributed by atoms with E-state index in [2.05, 4.69) is 0 Å². The van der Waals surface area contributed by atoms with Crippen molar-refractivity contribution in [1.29, 1.82) is 0 Å². The Balaban J connectivity index is 0.00000161. The minimum absolute atomic E-state index is 0. The van der Waals surface area contributed by atoms with Gasteiger partial charge < -0.3 is 5.73 Å². The van der Waals surface area contributed by atoms with E-state index in [0.717, 1.165) is 25.7 Å². The van der Waals surface area contributed by atoms with Gasteiger partial charge in [-0.15, -0.1) is 12.4 Å². The highest BCUT2D eigenvalue weighted by Crippen LogP contribution is 2.28. The molecular weight excluding hydrogens is 308 g/mol. The molecule has 0 bridgehead atoms. The van der Waals surface area contributed by atoms with Crippen LogP contribution < -0.4 is 5.73 Å². The van der Waals surface area contributed by atoms with Crippen LogP contribution in [-0.2, 0) is 22.9 Å². The van der Waals surface area contributed by atoms with E-state index in [1.165, 1.54) is 11.1 Å². The fourth-order valence-electron chi connectivity index (χ4n) is 3.20. The minimum Gasteiger partial charge on any atom is -0.327 e. The summed E-state index contributed by atoms with van der Waals surface area (Å²) in [7, 11) is -3.36. The van der Waals surface area contributed by atoms with E-state index >= 15 is 0 Å². The van der Waals surface area contributed by atoms with Gasteiger partial charge in [0.2, 0.25) is 10.0 Å². The Morgan fingerprint density at radius 1 is 1.24 bits per heavy atom. The molecule has 1 aliphatic heterocycles. The lowest BCUT2D eigenvalue weighted by Gasteiger charge is -2.34. The molecule has 0 spiro atoms. The fraction of sp³-hybridized carbons (Fsp3) is 0.600. The molecule has 2 aliphatic rings. The SMILES string of the molecule is CC1CN(S(=O)(=O)c2ccc3c(c2)CCC3)CCC1N.Cl. The summed E-state index contributed by atoms with van der Waals surface area (Å²) >= 11 is 0. The molecule has 1 aromatic carbocycles. The Kier molecular flexibility index (Phi) is 4.98. The summed E-state index contributed by atoms with van der Waals surface area (Å²) in [5.41, 5.74) is 8.48. The molecule has 0 aromatic heterocycles. The zero-order chi connectivity index (χ0) is 14.3. The van der Waals surface area contributed by atoms with E-state index < -0.39 is 10.0 Å². The van der Waals surface area contributed by atoms with Crippen LogP contribution in [0.3, 0.4) is 0 Å². The van der Waals surface area contributed by atoms with Crippen LogP contribution >= 0.6 is 12.4 Å². The maximum Gasteiger partial charge on any atom is 0.243 e. The number of halogens is 1. The van der Waals surface area contributed by atoms with Crippen LogP contribution in [0.25, 0.3) is 0 Å². The summed E-state index contributed by atoms with van der Waals surface area (Å²) in [6.07, 6.45) is 3.95. The van der Waals surface area contributed by atoms with E-state index in [1.54, 1.807) is 10.4 Å². The lowest BCUT2D eigenvalue weighted by atomic mass is 9.96. The van der Waals surface area contributed by atoms with E-state index in [9.17, 15) is 8.42 Å². The Morgan fingerprint density at radius 2 is 1.95 bits per heavy atom. The summed E-state index contributed by atoms with van der Waals surface area (Å²) in [4.78, 5) is 0.445. The van der Waals surface area contributed by atoms with Crippen LogP contribution in [-0.4, -0.2) is 31.9 Å². The first-order chi connectivity index (χ1) is 9.48. The number of aryl methyl sites for hydroxylation is 2. The minimum atomic E-state index is -3.36. The number of fused-ring (bicyclic) bond motifs is 1. The molecule has 2 N–H and O–H groups in total. The van der Waals surface area contributed by atoms with Crippen molar-refractivity contribution in [2.45, 2.75) is 43.5 Å². The second-order valence-electron chi connectivity index (χ2n) is 6.08. The average molecular weight is 331 g/mol. The number of piperidine rings is 1. The van der Waals surface area contributed by atoms with Gasteiger partial charge in [0.05, 0.1) is 4.90 Å². The monoisotopic (exact) mass is 330 g/mol. The highest BCUT2D eigenvalue weighted by Gasteiger charge is 2.32. The maximum atomic E-state index is 12.7. The number of hydrogen-bond donors (Lipinski definition) is 1. The molecule has 6 heteroatoms. The topological polar surface area (TPSA) is 63.4 Å². The van der Waals surface area contributed by atoms with E-state index in [-0.39, 0.29) is 24.4 Å². The van der Waals surface area contributed by atoms with Crippen LogP contribution in [0.4, 0.5) is 0 Å². The quantitative estimate of drug-likeness (QED) is 0.901. The number of hydrogen-bond acceptors (Lipinski definition) is 3. The number of benzene rings is 1. The molecule has 21 heavy (non-hydrogen) atoms. The Hall–Kier alpha value is -0.620. The van der Waals surface area contributed by atoms with Gasteiger partial charge in [0, 0.05) is 19.1 Å². The van der Waals surface area contributed by atoms with Crippen molar-refractivity contribution < 1.29 is 8.42 Å². The van der Waals surface area contributed by atoms with Crippen LogP contribution in [0.5, 0.6) is 0 Å². The normalized spacial score (nSPS) is 26.2. The summed E-state index contributed by atoms with van der Waals surface area (Å²) < 4.78 is 27.0. The molecule has 2 unspecified atom stereocenters. The molecule has 0 saturated carbocycles. The first-order valence-corrected chi connectivity index (χ1v) is 8.80. The smallest absolute Gasteiger partial charge is 0.243 e.